The number of aromatic nitrogens is 1. The van der Waals surface area contributed by atoms with Crippen molar-refractivity contribution in [2.24, 2.45) is 5.73 Å². The predicted molar refractivity (Wildman–Crippen MR) is 60.3 cm³/mol. The molecule has 0 spiro atoms. The zero-order valence-corrected chi connectivity index (χ0v) is 8.46. The highest BCUT2D eigenvalue weighted by Gasteiger charge is 2.05. The lowest BCUT2D eigenvalue weighted by Crippen LogP contribution is -2.21. The van der Waals surface area contributed by atoms with E-state index in [1.54, 1.807) is 0 Å². The fraction of sp³-hybridized carbons (Fsp3) is 0.333. The maximum absolute atomic E-state index is 5.95. The van der Waals surface area contributed by atoms with Gasteiger partial charge in [0.1, 0.15) is 0 Å². The highest BCUT2D eigenvalue weighted by atomic mass is 14.7. The van der Waals surface area contributed by atoms with E-state index in [1.165, 1.54) is 16.5 Å². The van der Waals surface area contributed by atoms with E-state index in [-0.39, 0.29) is 6.04 Å². The van der Waals surface area contributed by atoms with E-state index in [9.17, 15) is 0 Å². The molecule has 0 fully saturated rings. The third-order valence-electron chi connectivity index (χ3n) is 2.68. The quantitative estimate of drug-likeness (QED) is 0.763. The minimum absolute atomic E-state index is 0.268. The van der Waals surface area contributed by atoms with Crippen LogP contribution in [0.3, 0.4) is 0 Å². The van der Waals surface area contributed by atoms with E-state index in [1.807, 2.05) is 6.20 Å². The van der Waals surface area contributed by atoms with Crippen LogP contribution < -0.4 is 5.73 Å². The molecule has 1 unspecified atom stereocenters. The molecule has 3 N–H and O–H groups in total. The fourth-order valence-corrected chi connectivity index (χ4v) is 1.75. The van der Waals surface area contributed by atoms with Crippen LogP contribution in [0.2, 0.25) is 0 Å². The van der Waals surface area contributed by atoms with Crippen LogP contribution in [0.5, 0.6) is 0 Å². The van der Waals surface area contributed by atoms with Gasteiger partial charge in [-0.25, -0.2) is 0 Å². The van der Waals surface area contributed by atoms with Gasteiger partial charge in [0.05, 0.1) is 0 Å². The topological polar surface area (TPSA) is 41.8 Å². The largest absolute Gasteiger partial charge is 0.361 e. The molecule has 14 heavy (non-hydrogen) atoms. The Hall–Kier alpha value is -1.28. The number of para-hydroxylation sites is 1. The molecule has 0 saturated heterocycles. The lowest BCUT2D eigenvalue weighted by Gasteiger charge is -2.09. The zero-order valence-electron chi connectivity index (χ0n) is 8.46. The molecule has 2 rings (SSSR count). The number of aromatic amines is 1. The van der Waals surface area contributed by atoms with Crippen LogP contribution in [-0.4, -0.2) is 11.0 Å². The van der Waals surface area contributed by atoms with Crippen LogP contribution in [-0.2, 0) is 6.42 Å². The minimum Gasteiger partial charge on any atom is -0.361 e. The van der Waals surface area contributed by atoms with Gasteiger partial charge in [-0.15, -0.1) is 0 Å². The molecular weight excluding hydrogens is 172 g/mol. The third-order valence-corrected chi connectivity index (χ3v) is 2.68. The Morgan fingerprint density at radius 3 is 3.00 bits per heavy atom. The van der Waals surface area contributed by atoms with Crippen molar-refractivity contribution in [1.29, 1.82) is 0 Å². The molecule has 0 aliphatic carbocycles. The second-order valence-electron chi connectivity index (χ2n) is 3.73. The van der Waals surface area contributed by atoms with Crippen molar-refractivity contribution in [3.05, 3.63) is 36.0 Å². The van der Waals surface area contributed by atoms with Crippen LogP contribution in [0.15, 0.2) is 30.5 Å². The number of nitrogens with one attached hydrogen (secondary N) is 1. The second kappa shape index (κ2) is 3.84. The van der Waals surface area contributed by atoms with Crippen molar-refractivity contribution in [2.45, 2.75) is 25.8 Å². The molecule has 1 atom stereocenters. The molecule has 2 nitrogen and oxygen atoms in total. The van der Waals surface area contributed by atoms with Crippen LogP contribution in [0.1, 0.15) is 18.9 Å². The van der Waals surface area contributed by atoms with Crippen molar-refractivity contribution in [1.82, 2.24) is 4.98 Å². The summed E-state index contributed by atoms with van der Waals surface area (Å²) < 4.78 is 0. The Labute approximate surface area is 84.1 Å². The van der Waals surface area contributed by atoms with Gasteiger partial charge in [-0.05, 0) is 29.9 Å². The van der Waals surface area contributed by atoms with Crippen LogP contribution in [0.4, 0.5) is 0 Å². The number of fused-ring (bicyclic) bond motifs is 1. The van der Waals surface area contributed by atoms with Gasteiger partial charge in [-0.1, -0.05) is 25.1 Å². The maximum atomic E-state index is 5.95. The molecule has 0 saturated carbocycles. The molecule has 2 heteroatoms. The average molecular weight is 188 g/mol. The molecule has 0 radical (unpaired) electrons. The van der Waals surface area contributed by atoms with Gasteiger partial charge >= 0.3 is 0 Å². The Balaban J connectivity index is 2.36. The molecular formula is C12H16N2. The van der Waals surface area contributed by atoms with Gasteiger partial charge in [-0.3, -0.25) is 0 Å². The molecule has 0 aliphatic heterocycles. The first kappa shape index (κ1) is 9.28. The molecule has 0 amide bonds. The monoisotopic (exact) mass is 188 g/mol. The van der Waals surface area contributed by atoms with Gasteiger partial charge in [0.15, 0.2) is 0 Å². The number of benzene rings is 1. The van der Waals surface area contributed by atoms with Gasteiger partial charge in [0, 0.05) is 17.8 Å². The molecule has 2 aromatic rings. The molecule has 0 bridgehead atoms. The van der Waals surface area contributed by atoms with E-state index < -0.39 is 0 Å². The molecule has 1 aromatic heterocycles. The number of H-pyrrole nitrogens is 1. The Morgan fingerprint density at radius 2 is 2.21 bits per heavy atom. The molecule has 1 aromatic carbocycles. The normalized spacial score (nSPS) is 13.3. The van der Waals surface area contributed by atoms with Crippen molar-refractivity contribution in [3.8, 4) is 0 Å². The standard InChI is InChI=1S/C12H16N2/c1-2-11(13)8-10-5-3-4-9-6-7-14-12(9)10/h3-7,11,14H,2,8,13H2,1H3. The number of nitrogens with two attached hydrogens (primary N) is 1. The first-order valence-electron chi connectivity index (χ1n) is 5.12. The minimum atomic E-state index is 0.268. The van der Waals surface area contributed by atoms with Crippen molar-refractivity contribution in [3.63, 3.8) is 0 Å². The summed E-state index contributed by atoms with van der Waals surface area (Å²) in [5.41, 5.74) is 8.50. The summed E-state index contributed by atoms with van der Waals surface area (Å²) in [5, 5.41) is 1.27. The molecule has 74 valence electrons. The van der Waals surface area contributed by atoms with Crippen LogP contribution in [0.25, 0.3) is 10.9 Å². The van der Waals surface area contributed by atoms with Crippen molar-refractivity contribution < 1.29 is 0 Å². The Morgan fingerprint density at radius 1 is 1.36 bits per heavy atom. The fourth-order valence-electron chi connectivity index (χ4n) is 1.75. The van der Waals surface area contributed by atoms with E-state index in [2.05, 4.69) is 36.2 Å². The van der Waals surface area contributed by atoms with Crippen molar-refractivity contribution in [2.75, 3.05) is 0 Å². The highest BCUT2D eigenvalue weighted by molar-refractivity contribution is 5.82. The first-order valence-corrected chi connectivity index (χ1v) is 5.12. The van der Waals surface area contributed by atoms with Crippen LogP contribution in [0, 0.1) is 0 Å². The smallest absolute Gasteiger partial charge is 0.0487 e. The van der Waals surface area contributed by atoms with Gasteiger partial charge in [-0.2, -0.15) is 0 Å². The summed E-state index contributed by atoms with van der Waals surface area (Å²) in [6.07, 6.45) is 3.96. The summed E-state index contributed by atoms with van der Waals surface area (Å²) in [5.74, 6) is 0. The lowest BCUT2D eigenvalue weighted by molar-refractivity contribution is 0.648. The van der Waals surface area contributed by atoms with Crippen LogP contribution >= 0.6 is 0 Å². The SMILES string of the molecule is CCC(N)Cc1cccc2cc[nH]c12. The summed E-state index contributed by atoms with van der Waals surface area (Å²) in [7, 11) is 0. The molecule has 1 heterocycles. The maximum Gasteiger partial charge on any atom is 0.0487 e. The Kier molecular flexibility index (Phi) is 2.55. The van der Waals surface area contributed by atoms with Gasteiger partial charge in [0.25, 0.3) is 0 Å². The average Bonchev–Trinajstić information content (AvgIpc) is 2.66. The zero-order chi connectivity index (χ0) is 9.97. The lowest BCUT2D eigenvalue weighted by atomic mass is 10.0. The van der Waals surface area contributed by atoms with Gasteiger partial charge in [0.2, 0.25) is 0 Å². The van der Waals surface area contributed by atoms with Crippen molar-refractivity contribution >= 4 is 10.9 Å². The van der Waals surface area contributed by atoms with E-state index in [0.29, 0.717) is 0 Å². The number of hydrogen-bond donors (Lipinski definition) is 2. The third kappa shape index (κ3) is 1.66. The Bertz CT molecular complexity index is 417. The summed E-state index contributed by atoms with van der Waals surface area (Å²) in [4.78, 5) is 3.26. The summed E-state index contributed by atoms with van der Waals surface area (Å²) in [6.45, 7) is 2.12. The van der Waals surface area contributed by atoms with E-state index in [0.717, 1.165) is 12.8 Å². The van der Waals surface area contributed by atoms with Gasteiger partial charge < -0.3 is 10.7 Å². The first-order chi connectivity index (χ1) is 6.81. The molecule has 0 aliphatic rings. The number of hydrogen-bond acceptors (Lipinski definition) is 1. The van der Waals surface area contributed by atoms with E-state index >= 15 is 0 Å². The summed E-state index contributed by atoms with van der Waals surface area (Å²) >= 11 is 0. The predicted octanol–water partition coefficient (Wildman–Crippen LogP) is 2.45. The summed E-state index contributed by atoms with van der Waals surface area (Å²) in [6, 6.07) is 8.72. The second-order valence-corrected chi connectivity index (χ2v) is 3.73. The highest BCUT2D eigenvalue weighted by Crippen LogP contribution is 2.18. The number of rotatable bonds is 3. The van der Waals surface area contributed by atoms with E-state index in [4.69, 9.17) is 5.73 Å².